The number of carboxylic acid groups (broad SMARTS) is 1. The van der Waals surface area contributed by atoms with Crippen molar-refractivity contribution in [3.63, 3.8) is 0 Å². The molecule has 5 N–H and O–H groups in total. The molecule has 0 aromatic rings. The highest BCUT2D eigenvalue weighted by Gasteiger charge is 2.66. The maximum absolute atomic E-state index is 12.4. The zero-order chi connectivity index (χ0) is 26.2. The number of fused-ring (bicyclic) bond motifs is 5. The average Bonchev–Trinajstić information content (AvgIpc) is 3.11. The molecule has 204 valence electrons. The van der Waals surface area contributed by atoms with E-state index in [1.165, 1.54) is 6.92 Å². The van der Waals surface area contributed by atoms with Gasteiger partial charge < -0.3 is 35.0 Å². The van der Waals surface area contributed by atoms with Crippen LogP contribution in [0.15, 0.2) is 0 Å². The van der Waals surface area contributed by atoms with E-state index in [1.807, 2.05) is 0 Å². The number of ketones is 1. The molecule has 0 radical (unpaired) electrons. The zero-order valence-electron chi connectivity index (χ0n) is 21.5. The second kappa shape index (κ2) is 8.99. The standard InChI is InChI=1S/C27H42O9/c1-13(28)27(34)11-8-18-16-5-4-14-12-15(6-9-25(14,2)17(16)7-10-26(18,27)3)35-24-21(31)19(29)20(30)22(36-24)23(32)33/h14-22,24,29-31,34H,4-12H2,1-3H3,(H,32,33)/t14-,15-,16-,17+,18+,19+,20+,21-,22+,24-,25+,26+,27+/m1/s1. The molecule has 0 unspecified atom stereocenters. The topological polar surface area (TPSA) is 154 Å². The van der Waals surface area contributed by atoms with Gasteiger partial charge in [-0.2, -0.15) is 0 Å². The summed E-state index contributed by atoms with van der Waals surface area (Å²) < 4.78 is 11.4. The fraction of sp³-hybridized carbons (Fsp3) is 0.926. The lowest BCUT2D eigenvalue weighted by molar-refractivity contribution is -0.309. The lowest BCUT2D eigenvalue weighted by Crippen LogP contribution is -2.61. The number of aliphatic carboxylic acids is 1. The molecule has 13 atom stereocenters. The summed E-state index contributed by atoms with van der Waals surface area (Å²) in [6.45, 7) is 6.04. The van der Waals surface area contributed by atoms with E-state index in [0.717, 1.165) is 51.4 Å². The number of aliphatic hydroxyl groups excluding tert-OH is 3. The molecular formula is C27H42O9. The van der Waals surface area contributed by atoms with Crippen LogP contribution in [-0.4, -0.2) is 79.7 Å². The van der Waals surface area contributed by atoms with Gasteiger partial charge in [-0.05, 0) is 93.8 Å². The van der Waals surface area contributed by atoms with Crippen LogP contribution in [0.1, 0.15) is 78.6 Å². The molecule has 0 aromatic carbocycles. The quantitative estimate of drug-likeness (QED) is 0.355. The van der Waals surface area contributed by atoms with E-state index in [9.17, 15) is 35.1 Å². The third kappa shape index (κ3) is 3.72. The van der Waals surface area contributed by atoms with Crippen molar-refractivity contribution in [3.05, 3.63) is 0 Å². The van der Waals surface area contributed by atoms with Gasteiger partial charge in [-0.3, -0.25) is 4.79 Å². The first-order valence-electron chi connectivity index (χ1n) is 13.6. The van der Waals surface area contributed by atoms with Crippen LogP contribution in [0.4, 0.5) is 0 Å². The molecule has 9 nitrogen and oxygen atoms in total. The summed E-state index contributed by atoms with van der Waals surface area (Å²) in [5.41, 5.74) is -1.45. The summed E-state index contributed by atoms with van der Waals surface area (Å²) in [5, 5.41) is 51.1. The minimum atomic E-state index is -1.73. The molecule has 36 heavy (non-hydrogen) atoms. The predicted molar refractivity (Wildman–Crippen MR) is 127 cm³/mol. The number of carbonyl (C=O) groups excluding carboxylic acids is 1. The van der Waals surface area contributed by atoms with Crippen molar-refractivity contribution < 1.29 is 44.6 Å². The van der Waals surface area contributed by atoms with Crippen molar-refractivity contribution in [2.45, 2.75) is 121 Å². The Morgan fingerprint density at radius 1 is 0.889 bits per heavy atom. The van der Waals surface area contributed by atoms with Crippen LogP contribution in [0.5, 0.6) is 0 Å². The number of aliphatic hydroxyl groups is 4. The first kappa shape index (κ1) is 26.5. The number of hydrogen-bond donors (Lipinski definition) is 5. The number of ether oxygens (including phenoxy) is 2. The van der Waals surface area contributed by atoms with E-state index in [4.69, 9.17) is 9.47 Å². The molecule has 5 rings (SSSR count). The monoisotopic (exact) mass is 510 g/mol. The molecule has 1 heterocycles. The van der Waals surface area contributed by atoms with Gasteiger partial charge >= 0.3 is 5.97 Å². The van der Waals surface area contributed by atoms with Crippen molar-refractivity contribution in [2.75, 3.05) is 0 Å². The van der Waals surface area contributed by atoms with Gasteiger partial charge in [0, 0.05) is 5.41 Å². The van der Waals surface area contributed by atoms with Gasteiger partial charge in [0.05, 0.1) is 6.10 Å². The molecule has 1 saturated heterocycles. The number of hydrogen-bond acceptors (Lipinski definition) is 8. The molecule has 4 aliphatic carbocycles. The Morgan fingerprint density at radius 2 is 1.58 bits per heavy atom. The highest BCUT2D eigenvalue weighted by Crippen LogP contribution is 2.68. The number of carbonyl (C=O) groups is 2. The smallest absolute Gasteiger partial charge is 0.335 e. The number of carboxylic acids is 1. The fourth-order valence-electron chi connectivity index (χ4n) is 9.29. The third-order valence-electron chi connectivity index (χ3n) is 11.5. The van der Waals surface area contributed by atoms with Crippen molar-refractivity contribution in [1.82, 2.24) is 0 Å². The van der Waals surface area contributed by atoms with Gasteiger partial charge in [-0.1, -0.05) is 13.8 Å². The SMILES string of the molecule is CC(=O)[C@@]1(O)CC[C@H]2[C@@H]3CC[C@@H]4C[C@H](O[C@@H]5O[C@H](C(=O)O)[C@@H](O)[C@H](O)[C@H]5O)CC[C@]4(C)[C@H]3CC[C@@]21C. The Hall–Kier alpha value is -1.10. The van der Waals surface area contributed by atoms with Crippen LogP contribution in [0, 0.1) is 34.5 Å². The zero-order valence-corrected chi connectivity index (χ0v) is 21.5. The maximum atomic E-state index is 12.4. The second-order valence-electron chi connectivity index (χ2n) is 12.8. The van der Waals surface area contributed by atoms with Crippen LogP contribution in [-0.2, 0) is 19.1 Å². The van der Waals surface area contributed by atoms with E-state index in [-0.39, 0.29) is 22.7 Å². The van der Waals surface area contributed by atoms with E-state index in [1.54, 1.807) is 0 Å². The Bertz CT molecular complexity index is 894. The minimum Gasteiger partial charge on any atom is -0.479 e. The minimum absolute atomic E-state index is 0.0987. The predicted octanol–water partition coefficient (Wildman–Crippen LogP) is 1.63. The van der Waals surface area contributed by atoms with Gasteiger partial charge in [-0.15, -0.1) is 0 Å². The summed E-state index contributed by atoms with van der Waals surface area (Å²) >= 11 is 0. The van der Waals surface area contributed by atoms with Crippen LogP contribution in [0.25, 0.3) is 0 Å². The molecule has 0 amide bonds. The molecule has 1 aliphatic heterocycles. The van der Waals surface area contributed by atoms with Crippen LogP contribution >= 0.6 is 0 Å². The maximum Gasteiger partial charge on any atom is 0.335 e. The van der Waals surface area contributed by atoms with Gasteiger partial charge in [-0.25, -0.2) is 4.79 Å². The molecule has 5 fully saturated rings. The molecule has 0 aromatic heterocycles. The van der Waals surface area contributed by atoms with Crippen molar-refractivity contribution in [3.8, 4) is 0 Å². The van der Waals surface area contributed by atoms with Crippen LogP contribution in [0.2, 0.25) is 0 Å². The summed E-state index contributed by atoms with van der Waals surface area (Å²) in [4.78, 5) is 23.9. The molecule has 4 saturated carbocycles. The van der Waals surface area contributed by atoms with Crippen molar-refractivity contribution in [2.24, 2.45) is 34.5 Å². The van der Waals surface area contributed by atoms with Gasteiger partial charge in [0.15, 0.2) is 18.2 Å². The van der Waals surface area contributed by atoms with Crippen molar-refractivity contribution in [1.29, 1.82) is 0 Å². The fourth-order valence-corrected chi connectivity index (χ4v) is 9.29. The molecule has 0 spiro atoms. The molecule has 9 heteroatoms. The Morgan fingerprint density at radius 3 is 2.25 bits per heavy atom. The van der Waals surface area contributed by atoms with Gasteiger partial charge in [0.25, 0.3) is 0 Å². The third-order valence-corrected chi connectivity index (χ3v) is 11.5. The van der Waals surface area contributed by atoms with E-state index in [0.29, 0.717) is 30.1 Å². The normalized spacial score (nSPS) is 54.8. The molecule has 0 bridgehead atoms. The highest BCUT2D eigenvalue weighted by molar-refractivity contribution is 5.86. The first-order valence-corrected chi connectivity index (χ1v) is 13.6. The Balaban J connectivity index is 1.28. The van der Waals surface area contributed by atoms with E-state index < -0.39 is 42.3 Å². The average molecular weight is 511 g/mol. The van der Waals surface area contributed by atoms with E-state index >= 15 is 0 Å². The number of rotatable bonds is 4. The number of Topliss-reactive ketones (excluding diaryl/α,β-unsaturated/α-hetero) is 1. The Labute approximate surface area is 212 Å². The summed E-state index contributed by atoms with van der Waals surface area (Å²) in [6, 6.07) is 0. The first-order chi connectivity index (χ1) is 16.8. The lowest BCUT2D eigenvalue weighted by atomic mass is 9.44. The van der Waals surface area contributed by atoms with Gasteiger partial charge in [0.2, 0.25) is 0 Å². The van der Waals surface area contributed by atoms with Crippen molar-refractivity contribution >= 4 is 11.8 Å². The van der Waals surface area contributed by atoms with E-state index in [2.05, 4.69) is 13.8 Å². The lowest BCUT2D eigenvalue weighted by Gasteiger charge is -2.61. The Kier molecular flexibility index (Phi) is 6.62. The highest BCUT2D eigenvalue weighted by atomic mass is 16.7. The largest absolute Gasteiger partial charge is 0.479 e. The summed E-state index contributed by atoms with van der Waals surface area (Å²) in [5.74, 6) is 0.259. The second-order valence-corrected chi connectivity index (χ2v) is 12.8. The summed E-state index contributed by atoms with van der Waals surface area (Å²) in [6.07, 6.45) is -0.296. The molecule has 5 aliphatic rings. The van der Waals surface area contributed by atoms with Crippen LogP contribution in [0.3, 0.4) is 0 Å². The summed E-state index contributed by atoms with van der Waals surface area (Å²) in [7, 11) is 0. The van der Waals surface area contributed by atoms with Gasteiger partial charge in [0.1, 0.15) is 23.9 Å². The molecular weight excluding hydrogens is 468 g/mol. The van der Waals surface area contributed by atoms with Crippen LogP contribution < -0.4 is 0 Å².